The summed E-state index contributed by atoms with van der Waals surface area (Å²) in [4.78, 5) is 14.3. The van der Waals surface area contributed by atoms with Crippen molar-refractivity contribution in [1.82, 2.24) is 15.0 Å². The van der Waals surface area contributed by atoms with Crippen molar-refractivity contribution in [2.75, 3.05) is 36.9 Å². The van der Waals surface area contributed by atoms with Crippen molar-refractivity contribution in [1.29, 1.82) is 0 Å². The van der Waals surface area contributed by atoms with E-state index in [0.717, 1.165) is 51.2 Å². The minimum absolute atomic E-state index is 0.0115. The van der Waals surface area contributed by atoms with Crippen molar-refractivity contribution in [2.24, 2.45) is 17.3 Å². The van der Waals surface area contributed by atoms with Crippen molar-refractivity contribution in [3.63, 3.8) is 0 Å². The lowest BCUT2D eigenvalue weighted by atomic mass is 10.1. The van der Waals surface area contributed by atoms with E-state index in [1.807, 2.05) is 25.1 Å². The summed E-state index contributed by atoms with van der Waals surface area (Å²) in [5.74, 6) is 2.36. The highest BCUT2D eigenvalue weighted by Gasteiger charge is 2.53. The van der Waals surface area contributed by atoms with Crippen LogP contribution in [0.3, 0.4) is 0 Å². The first-order valence-electron chi connectivity index (χ1n) is 10.6. The van der Waals surface area contributed by atoms with Gasteiger partial charge in [0.2, 0.25) is 5.95 Å². The second-order valence-corrected chi connectivity index (χ2v) is 9.66. The van der Waals surface area contributed by atoms with Crippen LogP contribution >= 0.6 is 11.3 Å². The van der Waals surface area contributed by atoms with Crippen LogP contribution in [0.4, 0.5) is 11.8 Å². The van der Waals surface area contributed by atoms with Gasteiger partial charge >= 0.3 is 0 Å². The number of aliphatic hydroxyl groups excluding tert-OH is 2. The maximum absolute atomic E-state index is 9.62. The van der Waals surface area contributed by atoms with Crippen LogP contribution in [0.2, 0.25) is 0 Å². The number of thiazole rings is 1. The number of benzene rings is 1. The van der Waals surface area contributed by atoms with Gasteiger partial charge in [-0.2, -0.15) is 4.98 Å². The molecule has 5 rings (SSSR count). The molecule has 0 aliphatic heterocycles. The topological polar surface area (TPSA) is 103 Å². The molecule has 0 radical (unpaired) electrons. The van der Waals surface area contributed by atoms with E-state index in [1.165, 1.54) is 12.8 Å². The van der Waals surface area contributed by atoms with Gasteiger partial charge in [-0.15, -0.1) is 11.3 Å². The van der Waals surface area contributed by atoms with Crippen LogP contribution in [0.5, 0.6) is 0 Å². The van der Waals surface area contributed by atoms with Gasteiger partial charge in [0, 0.05) is 18.5 Å². The normalized spacial score (nSPS) is 19.8. The number of anilines is 2. The molecule has 0 amide bonds. The van der Waals surface area contributed by atoms with Crippen LogP contribution in [0.15, 0.2) is 24.3 Å². The second-order valence-electron chi connectivity index (χ2n) is 8.63. The highest BCUT2D eigenvalue weighted by Crippen LogP contribution is 2.51. The molecule has 7 nitrogen and oxygen atoms in total. The van der Waals surface area contributed by atoms with Crippen LogP contribution in [-0.4, -0.2) is 51.5 Å². The lowest BCUT2D eigenvalue weighted by Gasteiger charge is -2.15. The van der Waals surface area contributed by atoms with Crippen LogP contribution in [-0.2, 0) is 0 Å². The molecule has 2 fully saturated rings. The number of aromatic nitrogens is 3. The number of nitrogens with zero attached hydrogens (tertiary/aromatic N) is 3. The number of para-hydroxylation sites is 1. The summed E-state index contributed by atoms with van der Waals surface area (Å²) in [6, 6.07) is 8.11. The molecule has 8 heteroatoms. The molecule has 0 bridgehead atoms. The Bertz CT molecular complexity index is 1030. The number of aryl methyl sites for hydroxylation is 1. The average molecular weight is 426 g/mol. The molecule has 1 aromatic carbocycles. The van der Waals surface area contributed by atoms with Crippen LogP contribution in [0.1, 0.15) is 25.0 Å². The largest absolute Gasteiger partial charge is 0.396 e. The van der Waals surface area contributed by atoms with Gasteiger partial charge in [0.15, 0.2) is 0 Å². The van der Waals surface area contributed by atoms with Gasteiger partial charge in [-0.05, 0) is 50.2 Å². The van der Waals surface area contributed by atoms with Gasteiger partial charge in [-0.1, -0.05) is 12.1 Å². The standard InChI is InChI=1S/C22H27N5O2S/c1-13-18(20-26-16-4-2-3-5-17(16)30-20)19(23-10-15-8-22(15,11-28)12-29)27-21(25-13)24-9-14-6-7-14/h2-5,14-15,28-29H,6-12H2,1H3,(H2,23,24,25,27). The number of hydrogen-bond acceptors (Lipinski definition) is 8. The van der Waals surface area contributed by atoms with Crippen molar-refractivity contribution < 1.29 is 10.2 Å². The number of aliphatic hydroxyl groups is 2. The molecule has 1 atom stereocenters. The third-order valence-electron chi connectivity index (χ3n) is 6.35. The van der Waals surface area contributed by atoms with Crippen molar-refractivity contribution in [3.8, 4) is 10.6 Å². The maximum atomic E-state index is 9.62. The fourth-order valence-corrected chi connectivity index (χ4v) is 5.01. The lowest BCUT2D eigenvalue weighted by Crippen LogP contribution is -2.20. The first-order chi connectivity index (χ1) is 14.6. The van der Waals surface area contributed by atoms with Gasteiger partial charge in [0.25, 0.3) is 0 Å². The second kappa shape index (κ2) is 7.76. The molecule has 0 saturated heterocycles. The third-order valence-corrected chi connectivity index (χ3v) is 7.40. The molecule has 1 unspecified atom stereocenters. The molecular formula is C22H27N5O2S. The van der Waals surface area contributed by atoms with Crippen LogP contribution < -0.4 is 10.6 Å². The Morgan fingerprint density at radius 2 is 1.87 bits per heavy atom. The SMILES string of the molecule is Cc1nc(NCC2CC2)nc(NCC2CC2(CO)CO)c1-c1nc2ccccc2s1. The van der Waals surface area contributed by atoms with E-state index >= 15 is 0 Å². The minimum Gasteiger partial charge on any atom is -0.396 e. The zero-order chi connectivity index (χ0) is 20.7. The first kappa shape index (κ1) is 19.7. The highest BCUT2D eigenvalue weighted by molar-refractivity contribution is 7.21. The quantitative estimate of drug-likeness (QED) is 0.417. The number of nitrogens with one attached hydrogen (secondary N) is 2. The average Bonchev–Trinajstić information content (AvgIpc) is 3.66. The van der Waals surface area contributed by atoms with E-state index < -0.39 is 0 Å². The molecule has 158 valence electrons. The third kappa shape index (κ3) is 3.75. The molecule has 3 aromatic rings. The highest BCUT2D eigenvalue weighted by atomic mass is 32.1. The van der Waals surface area contributed by atoms with Crippen LogP contribution in [0.25, 0.3) is 20.8 Å². The molecule has 2 aliphatic carbocycles. The van der Waals surface area contributed by atoms with E-state index in [1.54, 1.807) is 11.3 Å². The fourth-order valence-electron chi connectivity index (χ4n) is 3.95. The summed E-state index contributed by atoms with van der Waals surface area (Å²) in [5.41, 5.74) is 2.42. The predicted molar refractivity (Wildman–Crippen MR) is 120 cm³/mol. The molecule has 2 aliphatic rings. The molecule has 2 heterocycles. The summed E-state index contributed by atoms with van der Waals surface area (Å²) in [5, 5.41) is 27.0. The summed E-state index contributed by atoms with van der Waals surface area (Å²) >= 11 is 1.64. The fraction of sp³-hybridized carbons (Fsp3) is 0.500. The zero-order valence-electron chi connectivity index (χ0n) is 17.1. The Morgan fingerprint density at radius 3 is 2.57 bits per heavy atom. The smallest absolute Gasteiger partial charge is 0.224 e. The lowest BCUT2D eigenvalue weighted by molar-refractivity contribution is 0.123. The molecule has 4 N–H and O–H groups in total. The van der Waals surface area contributed by atoms with E-state index in [4.69, 9.17) is 15.0 Å². The van der Waals surface area contributed by atoms with Gasteiger partial charge < -0.3 is 20.8 Å². The Morgan fingerprint density at radius 1 is 1.07 bits per heavy atom. The Balaban J connectivity index is 1.46. The van der Waals surface area contributed by atoms with Crippen molar-refractivity contribution in [3.05, 3.63) is 30.0 Å². The van der Waals surface area contributed by atoms with E-state index in [-0.39, 0.29) is 24.5 Å². The van der Waals surface area contributed by atoms with Crippen LogP contribution in [0, 0.1) is 24.2 Å². The number of rotatable bonds is 9. The Kier molecular flexibility index (Phi) is 5.08. The number of hydrogen-bond donors (Lipinski definition) is 4. The van der Waals surface area contributed by atoms with Gasteiger partial charge in [0.1, 0.15) is 10.8 Å². The summed E-state index contributed by atoms with van der Waals surface area (Å²) in [7, 11) is 0. The van der Waals surface area contributed by atoms with Gasteiger partial charge in [0.05, 0.1) is 34.7 Å². The van der Waals surface area contributed by atoms with Gasteiger partial charge in [-0.3, -0.25) is 0 Å². The predicted octanol–water partition coefficient (Wildman–Crippen LogP) is 3.29. The van der Waals surface area contributed by atoms with E-state index in [2.05, 4.69) is 16.7 Å². The molecule has 0 spiro atoms. The van der Waals surface area contributed by atoms with E-state index in [9.17, 15) is 10.2 Å². The monoisotopic (exact) mass is 425 g/mol. The maximum Gasteiger partial charge on any atom is 0.224 e. The summed E-state index contributed by atoms with van der Waals surface area (Å²) < 4.78 is 1.13. The van der Waals surface area contributed by atoms with Crippen molar-refractivity contribution in [2.45, 2.75) is 26.2 Å². The number of fused-ring (bicyclic) bond motifs is 1. The molecule has 30 heavy (non-hydrogen) atoms. The molecule has 2 saturated carbocycles. The molecule has 2 aromatic heterocycles. The van der Waals surface area contributed by atoms with Gasteiger partial charge in [-0.25, -0.2) is 9.97 Å². The molecular weight excluding hydrogens is 398 g/mol. The first-order valence-corrected chi connectivity index (χ1v) is 11.4. The summed E-state index contributed by atoms with van der Waals surface area (Å²) in [6.07, 6.45) is 3.36. The minimum atomic E-state index is -0.363. The van der Waals surface area contributed by atoms with Crippen molar-refractivity contribution >= 4 is 33.3 Å². The Hall–Kier alpha value is -2.29. The Labute approximate surface area is 179 Å². The zero-order valence-corrected chi connectivity index (χ0v) is 17.9. The summed E-state index contributed by atoms with van der Waals surface area (Å²) in [6.45, 7) is 3.58. The van der Waals surface area contributed by atoms with E-state index in [0.29, 0.717) is 12.5 Å².